The molecule has 2 aromatic carbocycles. The topological polar surface area (TPSA) is 26.3 Å². The van der Waals surface area contributed by atoms with Crippen LogP contribution in [0.3, 0.4) is 0 Å². The molecule has 0 aliphatic carbocycles. The van der Waals surface area contributed by atoms with Gasteiger partial charge in [-0.15, -0.1) is 0 Å². The zero-order valence-corrected chi connectivity index (χ0v) is 9.77. The maximum atomic E-state index is 11.3. The number of fused-ring (bicyclic) bond motifs is 1. The van der Waals surface area contributed by atoms with Crippen LogP contribution >= 0.6 is 0 Å². The lowest BCUT2D eigenvalue weighted by Gasteiger charge is -2.23. The van der Waals surface area contributed by atoms with Crippen molar-refractivity contribution in [3.05, 3.63) is 48.0 Å². The average Bonchev–Trinajstić information content (AvgIpc) is 2.70. The summed E-state index contributed by atoms with van der Waals surface area (Å²) < 4.78 is 5.44. The summed E-state index contributed by atoms with van der Waals surface area (Å²) in [6, 6.07) is 14.5. The summed E-state index contributed by atoms with van der Waals surface area (Å²) in [5.41, 5.74) is 0.642. The van der Waals surface area contributed by atoms with Crippen molar-refractivity contribution < 1.29 is 9.53 Å². The van der Waals surface area contributed by atoms with Gasteiger partial charge in [0, 0.05) is 12.8 Å². The standard InChI is InChI=1S/C15H14O2/c1-15(9-8-14(16)17-15)13-7-6-11-4-2-3-5-12(11)10-13/h2-7,10H,8-9H2,1H3/t15-/m1/s1. The van der Waals surface area contributed by atoms with Gasteiger partial charge in [0.25, 0.3) is 0 Å². The van der Waals surface area contributed by atoms with Crippen molar-refractivity contribution in [2.45, 2.75) is 25.4 Å². The summed E-state index contributed by atoms with van der Waals surface area (Å²) >= 11 is 0. The number of hydrogen-bond donors (Lipinski definition) is 0. The Hall–Kier alpha value is -1.83. The minimum atomic E-state index is -0.443. The van der Waals surface area contributed by atoms with Gasteiger partial charge in [-0.25, -0.2) is 0 Å². The van der Waals surface area contributed by atoms with Crippen LogP contribution in [-0.2, 0) is 15.1 Å². The van der Waals surface area contributed by atoms with E-state index >= 15 is 0 Å². The molecule has 2 nitrogen and oxygen atoms in total. The summed E-state index contributed by atoms with van der Waals surface area (Å²) in [7, 11) is 0. The van der Waals surface area contributed by atoms with Crippen LogP contribution in [0, 0.1) is 0 Å². The molecular formula is C15H14O2. The number of carbonyl (C=O) groups is 1. The SMILES string of the molecule is C[C@]1(c2ccc3ccccc3c2)CCC(=O)O1. The molecule has 0 amide bonds. The quantitative estimate of drug-likeness (QED) is 0.697. The largest absolute Gasteiger partial charge is 0.454 e. The second-order valence-electron chi connectivity index (χ2n) is 4.77. The fourth-order valence-electron chi connectivity index (χ4n) is 2.42. The van der Waals surface area contributed by atoms with Gasteiger partial charge in [0.2, 0.25) is 0 Å². The van der Waals surface area contributed by atoms with Gasteiger partial charge in [0.15, 0.2) is 0 Å². The molecule has 0 radical (unpaired) electrons. The lowest BCUT2D eigenvalue weighted by Crippen LogP contribution is -2.20. The Morgan fingerprint density at radius 3 is 2.59 bits per heavy atom. The summed E-state index contributed by atoms with van der Waals surface area (Å²) in [5.74, 6) is -0.0966. The van der Waals surface area contributed by atoms with Crippen LogP contribution in [0.25, 0.3) is 10.8 Å². The molecule has 0 unspecified atom stereocenters. The van der Waals surface area contributed by atoms with E-state index in [9.17, 15) is 4.79 Å². The fourth-order valence-corrected chi connectivity index (χ4v) is 2.42. The Balaban J connectivity index is 2.09. The van der Waals surface area contributed by atoms with Crippen molar-refractivity contribution in [1.29, 1.82) is 0 Å². The van der Waals surface area contributed by atoms with Gasteiger partial charge in [-0.3, -0.25) is 4.79 Å². The highest BCUT2D eigenvalue weighted by Gasteiger charge is 2.37. The molecule has 1 atom stereocenters. The van der Waals surface area contributed by atoms with E-state index in [1.807, 2.05) is 19.1 Å². The van der Waals surface area contributed by atoms with Crippen LogP contribution in [0.15, 0.2) is 42.5 Å². The molecule has 1 aliphatic rings. The van der Waals surface area contributed by atoms with Gasteiger partial charge in [-0.05, 0) is 29.3 Å². The second kappa shape index (κ2) is 3.59. The Kier molecular flexibility index (Phi) is 2.18. The molecule has 0 N–H and O–H groups in total. The predicted molar refractivity (Wildman–Crippen MR) is 66.6 cm³/mol. The summed E-state index contributed by atoms with van der Waals surface area (Å²) in [4.78, 5) is 11.3. The summed E-state index contributed by atoms with van der Waals surface area (Å²) in [6.07, 6.45) is 1.29. The smallest absolute Gasteiger partial charge is 0.306 e. The van der Waals surface area contributed by atoms with Crippen molar-refractivity contribution in [1.82, 2.24) is 0 Å². The molecule has 86 valence electrons. The van der Waals surface area contributed by atoms with E-state index in [2.05, 4.69) is 30.3 Å². The van der Waals surface area contributed by atoms with Gasteiger partial charge in [0.05, 0.1) is 0 Å². The molecule has 1 aliphatic heterocycles. The monoisotopic (exact) mass is 226 g/mol. The van der Waals surface area contributed by atoms with Crippen molar-refractivity contribution in [3.63, 3.8) is 0 Å². The maximum Gasteiger partial charge on any atom is 0.306 e. The number of rotatable bonds is 1. The van der Waals surface area contributed by atoms with Crippen molar-refractivity contribution in [2.75, 3.05) is 0 Å². The molecule has 3 rings (SSSR count). The zero-order chi connectivity index (χ0) is 11.9. The summed E-state index contributed by atoms with van der Waals surface area (Å²) in [6.45, 7) is 1.99. The first-order valence-corrected chi connectivity index (χ1v) is 5.88. The third kappa shape index (κ3) is 1.70. The molecule has 2 heteroatoms. The van der Waals surface area contributed by atoms with Gasteiger partial charge in [0.1, 0.15) is 5.60 Å². The van der Waals surface area contributed by atoms with Crippen molar-refractivity contribution in [3.8, 4) is 0 Å². The molecule has 0 spiro atoms. The number of benzene rings is 2. The Morgan fingerprint density at radius 1 is 1.12 bits per heavy atom. The van der Waals surface area contributed by atoms with Gasteiger partial charge in [-0.2, -0.15) is 0 Å². The molecule has 1 heterocycles. The predicted octanol–water partition coefficient (Wildman–Crippen LogP) is 3.39. The molecule has 0 saturated carbocycles. The molecule has 0 bridgehead atoms. The molecule has 17 heavy (non-hydrogen) atoms. The van der Waals surface area contributed by atoms with Crippen LogP contribution < -0.4 is 0 Å². The third-order valence-corrected chi connectivity index (χ3v) is 3.51. The maximum absolute atomic E-state index is 11.3. The lowest BCUT2D eigenvalue weighted by molar-refractivity contribution is -0.147. The van der Waals surface area contributed by atoms with Crippen LogP contribution in [-0.4, -0.2) is 5.97 Å². The van der Waals surface area contributed by atoms with E-state index in [0.29, 0.717) is 6.42 Å². The van der Waals surface area contributed by atoms with Gasteiger partial charge >= 0.3 is 5.97 Å². The lowest BCUT2D eigenvalue weighted by atomic mass is 9.91. The van der Waals surface area contributed by atoms with E-state index < -0.39 is 5.60 Å². The first-order valence-electron chi connectivity index (χ1n) is 5.88. The average molecular weight is 226 g/mol. The highest BCUT2D eigenvalue weighted by atomic mass is 16.6. The van der Waals surface area contributed by atoms with Gasteiger partial charge < -0.3 is 4.74 Å². The van der Waals surface area contributed by atoms with E-state index in [4.69, 9.17) is 4.74 Å². The minimum absolute atomic E-state index is 0.0966. The molecule has 1 saturated heterocycles. The first-order chi connectivity index (χ1) is 8.17. The molecule has 0 aromatic heterocycles. The minimum Gasteiger partial charge on any atom is -0.454 e. The van der Waals surface area contributed by atoms with Crippen LogP contribution in [0.5, 0.6) is 0 Å². The number of ether oxygens (including phenoxy) is 1. The Bertz CT molecular complexity index is 588. The number of hydrogen-bond acceptors (Lipinski definition) is 2. The van der Waals surface area contributed by atoms with Crippen LogP contribution in [0.2, 0.25) is 0 Å². The van der Waals surface area contributed by atoms with E-state index in [-0.39, 0.29) is 5.97 Å². The Morgan fingerprint density at radius 2 is 1.88 bits per heavy atom. The highest BCUT2D eigenvalue weighted by molar-refractivity contribution is 5.83. The van der Waals surface area contributed by atoms with Crippen molar-refractivity contribution in [2.24, 2.45) is 0 Å². The second-order valence-corrected chi connectivity index (χ2v) is 4.77. The number of cyclic esters (lactones) is 1. The molecule has 2 aromatic rings. The zero-order valence-electron chi connectivity index (χ0n) is 9.77. The van der Waals surface area contributed by atoms with E-state index in [0.717, 1.165) is 12.0 Å². The van der Waals surface area contributed by atoms with E-state index in [1.54, 1.807) is 0 Å². The van der Waals surface area contributed by atoms with E-state index in [1.165, 1.54) is 10.8 Å². The first kappa shape index (κ1) is 10.3. The highest BCUT2D eigenvalue weighted by Crippen LogP contribution is 2.37. The van der Waals surface area contributed by atoms with Crippen LogP contribution in [0.4, 0.5) is 0 Å². The van der Waals surface area contributed by atoms with Gasteiger partial charge in [-0.1, -0.05) is 36.4 Å². The molecular weight excluding hydrogens is 212 g/mol. The number of esters is 1. The third-order valence-electron chi connectivity index (χ3n) is 3.51. The fraction of sp³-hybridized carbons (Fsp3) is 0.267. The number of carbonyl (C=O) groups excluding carboxylic acids is 1. The Labute approximate surface area is 100 Å². The molecule has 1 fully saturated rings. The van der Waals surface area contributed by atoms with Crippen molar-refractivity contribution >= 4 is 16.7 Å². The normalized spacial score (nSPS) is 23.9. The summed E-state index contributed by atoms with van der Waals surface area (Å²) in [5, 5.41) is 2.40. The van der Waals surface area contributed by atoms with Crippen LogP contribution in [0.1, 0.15) is 25.3 Å².